The number of hydrogen-bond donors (Lipinski definition) is 3. The Morgan fingerprint density at radius 1 is 0.683 bits per heavy atom. The van der Waals surface area contributed by atoms with Crippen molar-refractivity contribution in [2.75, 3.05) is 0 Å². The van der Waals surface area contributed by atoms with Crippen molar-refractivity contribution in [3.05, 3.63) is 120 Å². The highest BCUT2D eigenvalue weighted by molar-refractivity contribution is 5.83. The Kier molecular flexibility index (Phi) is 9.98. The average Bonchev–Trinajstić information content (AvgIpc) is 2.95. The van der Waals surface area contributed by atoms with E-state index in [-0.39, 0.29) is 6.61 Å². The highest BCUT2D eigenvalue weighted by atomic mass is 16.6. The summed E-state index contributed by atoms with van der Waals surface area (Å²) in [7, 11) is 0. The van der Waals surface area contributed by atoms with E-state index in [4.69, 9.17) is 9.47 Å². The van der Waals surface area contributed by atoms with Crippen molar-refractivity contribution >= 4 is 23.0 Å². The van der Waals surface area contributed by atoms with Gasteiger partial charge in [0.25, 0.3) is 0 Å². The Morgan fingerprint density at radius 3 is 1.85 bits per heavy atom. The summed E-state index contributed by atoms with van der Waals surface area (Å²) in [5, 5.41) is 19.6. The Morgan fingerprint density at radius 2 is 1.22 bits per heavy atom. The summed E-state index contributed by atoms with van der Waals surface area (Å²) in [5.41, 5.74) is 1.98. The van der Waals surface area contributed by atoms with E-state index in [9.17, 15) is 14.7 Å². The number of hydrogen-bond acceptors (Lipinski definition) is 5. The summed E-state index contributed by atoms with van der Waals surface area (Å²) in [5.74, 6) is 0. The number of carbonyl (C=O) groups is 2. The number of aliphatic hydroxyl groups excluding tert-OH is 1. The average molecular weight is 555 g/mol. The van der Waals surface area contributed by atoms with Gasteiger partial charge in [0.2, 0.25) is 0 Å². The first kappa shape index (κ1) is 29.6. The van der Waals surface area contributed by atoms with Crippen molar-refractivity contribution in [3.8, 4) is 0 Å². The molecular formula is C34H38N2O5. The molecule has 0 aromatic heterocycles. The van der Waals surface area contributed by atoms with Crippen LogP contribution in [0.25, 0.3) is 10.8 Å². The van der Waals surface area contributed by atoms with Crippen molar-refractivity contribution in [3.63, 3.8) is 0 Å². The smallest absolute Gasteiger partial charge is 0.407 e. The number of benzene rings is 4. The summed E-state index contributed by atoms with van der Waals surface area (Å²) in [6, 6.07) is 31.5. The fourth-order valence-electron chi connectivity index (χ4n) is 4.66. The molecule has 7 nitrogen and oxygen atoms in total. The molecule has 0 bridgehead atoms. The van der Waals surface area contributed by atoms with Gasteiger partial charge in [0.15, 0.2) is 0 Å². The molecule has 4 aromatic carbocycles. The zero-order valence-corrected chi connectivity index (χ0v) is 23.7. The van der Waals surface area contributed by atoms with Gasteiger partial charge in [0.1, 0.15) is 12.2 Å². The zero-order chi connectivity index (χ0) is 29.2. The molecule has 7 heteroatoms. The van der Waals surface area contributed by atoms with E-state index in [0.717, 1.165) is 27.5 Å². The number of carbonyl (C=O) groups excluding carboxylic acids is 2. The molecule has 0 radical (unpaired) electrons. The van der Waals surface area contributed by atoms with E-state index in [1.165, 1.54) is 0 Å². The standard InChI is InChI=1S/C34H38N2O5/c1-34(2,3)41-33(39)36-29(21-24-12-6-4-7-13-24)31(37)30(35-32(38)40-23-25-14-8-5-9-15-25)22-26-18-19-27-16-10-11-17-28(27)20-26/h4-20,29-31,37H,21-23H2,1-3H3,(H,35,38)(H,36,39)/t29-,30-,31-/m1/s1. The molecule has 0 aliphatic carbocycles. The summed E-state index contributed by atoms with van der Waals surface area (Å²) in [4.78, 5) is 25.8. The topological polar surface area (TPSA) is 96.9 Å². The van der Waals surface area contributed by atoms with Gasteiger partial charge in [0, 0.05) is 0 Å². The second-order valence-corrected chi connectivity index (χ2v) is 11.1. The van der Waals surface area contributed by atoms with Gasteiger partial charge in [-0.15, -0.1) is 0 Å². The van der Waals surface area contributed by atoms with E-state index in [2.05, 4.69) is 10.6 Å². The van der Waals surface area contributed by atoms with Crippen molar-refractivity contribution in [1.82, 2.24) is 10.6 Å². The quantitative estimate of drug-likeness (QED) is 0.218. The SMILES string of the molecule is CC(C)(C)OC(=O)N[C@H](Cc1ccccc1)[C@@H](O)[C@@H](Cc1ccc2ccccc2c1)NC(=O)OCc1ccccc1. The maximum Gasteiger partial charge on any atom is 0.407 e. The number of amides is 2. The van der Waals surface area contributed by atoms with Gasteiger partial charge in [-0.2, -0.15) is 0 Å². The van der Waals surface area contributed by atoms with Crippen LogP contribution in [0, 0.1) is 0 Å². The maximum atomic E-state index is 13.0. The second-order valence-electron chi connectivity index (χ2n) is 11.1. The van der Waals surface area contributed by atoms with Crippen molar-refractivity contribution in [2.24, 2.45) is 0 Å². The molecule has 4 rings (SSSR count). The molecule has 3 N–H and O–H groups in total. The lowest BCUT2D eigenvalue weighted by atomic mass is 9.92. The minimum absolute atomic E-state index is 0.0923. The van der Waals surface area contributed by atoms with Gasteiger partial charge < -0.3 is 25.2 Å². The number of fused-ring (bicyclic) bond motifs is 1. The van der Waals surface area contributed by atoms with Gasteiger partial charge in [0.05, 0.1) is 18.2 Å². The third-order valence-electron chi connectivity index (χ3n) is 6.61. The molecule has 41 heavy (non-hydrogen) atoms. The van der Waals surface area contributed by atoms with Crippen LogP contribution in [0.1, 0.15) is 37.5 Å². The highest BCUT2D eigenvalue weighted by Crippen LogP contribution is 2.19. The van der Waals surface area contributed by atoms with Crippen LogP contribution in [0.5, 0.6) is 0 Å². The third-order valence-corrected chi connectivity index (χ3v) is 6.61. The van der Waals surface area contributed by atoms with Gasteiger partial charge in [-0.25, -0.2) is 9.59 Å². The molecular weight excluding hydrogens is 516 g/mol. The Hall–Kier alpha value is -4.36. The van der Waals surface area contributed by atoms with E-state index < -0.39 is 36.0 Å². The molecule has 2 amide bonds. The fraction of sp³-hybridized carbons (Fsp3) is 0.294. The van der Waals surface area contributed by atoms with Crippen molar-refractivity contribution < 1.29 is 24.2 Å². The first-order valence-corrected chi connectivity index (χ1v) is 13.8. The second kappa shape index (κ2) is 13.8. The Bertz CT molecular complexity index is 1420. The van der Waals surface area contributed by atoms with Crippen LogP contribution in [0.4, 0.5) is 9.59 Å². The van der Waals surface area contributed by atoms with Gasteiger partial charge in [-0.1, -0.05) is 103 Å². The fourth-order valence-corrected chi connectivity index (χ4v) is 4.66. The van der Waals surface area contributed by atoms with Crippen LogP contribution in [0.2, 0.25) is 0 Å². The molecule has 0 spiro atoms. The zero-order valence-electron chi connectivity index (χ0n) is 23.7. The predicted molar refractivity (Wildman–Crippen MR) is 161 cm³/mol. The molecule has 214 valence electrons. The van der Waals surface area contributed by atoms with Crippen molar-refractivity contribution in [2.45, 2.75) is 64.0 Å². The summed E-state index contributed by atoms with van der Waals surface area (Å²) < 4.78 is 11.0. The number of rotatable bonds is 10. The minimum Gasteiger partial charge on any atom is -0.445 e. The molecule has 0 aliphatic heterocycles. The lowest BCUT2D eigenvalue weighted by Gasteiger charge is -2.32. The Balaban J connectivity index is 1.58. The molecule has 4 aromatic rings. The van der Waals surface area contributed by atoms with Crippen LogP contribution in [0.3, 0.4) is 0 Å². The molecule has 0 aliphatic rings. The van der Waals surface area contributed by atoms with Crippen LogP contribution in [0.15, 0.2) is 103 Å². The monoisotopic (exact) mass is 554 g/mol. The van der Waals surface area contributed by atoms with Crippen LogP contribution in [-0.4, -0.2) is 41.1 Å². The van der Waals surface area contributed by atoms with E-state index in [1.807, 2.05) is 103 Å². The van der Waals surface area contributed by atoms with Crippen molar-refractivity contribution in [1.29, 1.82) is 0 Å². The summed E-state index contributed by atoms with van der Waals surface area (Å²) >= 11 is 0. The molecule has 0 saturated heterocycles. The summed E-state index contributed by atoms with van der Waals surface area (Å²) in [6.45, 7) is 5.43. The van der Waals surface area contributed by atoms with Crippen LogP contribution in [-0.2, 0) is 28.9 Å². The normalized spacial score (nSPS) is 13.6. The van der Waals surface area contributed by atoms with Crippen LogP contribution >= 0.6 is 0 Å². The number of aliphatic hydroxyl groups is 1. The van der Waals surface area contributed by atoms with Gasteiger partial charge >= 0.3 is 12.2 Å². The third kappa shape index (κ3) is 9.36. The molecule has 0 saturated carbocycles. The molecule has 0 unspecified atom stereocenters. The predicted octanol–water partition coefficient (Wildman–Crippen LogP) is 6.17. The first-order valence-electron chi connectivity index (χ1n) is 13.8. The van der Waals surface area contributed by atoms with E-state index in [0.29, 0.717) is 12.8 Å². The Labute approximate surface area is 241 Å². The minimum atomic E-state index is -1.17. The number of alkyl carbamates (subject to hydrolysis) is 2. The molecule has 3 atom stereocenters. The highest BCUT2D eigenvalue weighted by Gasteiger charge is 2.32. The number of nitrogens with one attached hydrogen (secondary N) is 2. The van der Waals surface area contributed by atoms with Crippen LogP contribution < -0.4 is 10.6 Å². The summed E-state index contributed by atoms with van der Waals surface area (Å²) in [6.07, 6.45) is -1.83. The largest absolute Gasteiger partial charge is 0.445 e. The maximum absolute atomic E-state index is 13.0. The van der Waals surface area contributed by atoms with E-state index in [1.54, 1.807) is 20.8 Å². The van der Waals surface area contributed by atoms with Gasteiger partial charge in [-0.3, -0.25) is 0 Å². The number of ether oxygens (including phenoxy) is 2. The lowest BCUT2D eigenvalue weighted by molar-refractivity contribution is 0.0363. The lowest BCUT2D eigenvalue weighted by Crippen LogP contribution is -2.56. The molecule has 0 heterocycles. The van der Waals surface area contributed by atoms with Gasteiger partial charge in [-0.05, 0) is 61.1 Å². The molecule has 0 fully saturated rings. The van der Waals surface area contributed by atoms with E-state index >= 15 is 0 Å². The first-order chi connectivity index (χ1) is 19.7.